The fourth-order valence-corrected chi connectivity index (χ4v) is 6.80. The zero-order chi connectivity index (χ0) is 29.5. The van der Waals surface area contributed by atoms with Crippen LogP contribution in [0.2, 0.25) is 10.0 Å². The van der Waals surface area contributed by atoms with E-state index in [0.29, 0.717) is 53.1 Å². The van der Waals surface area contributed by atoms with Crippen LogP contribution >= 0.6 is 23.2 Å². The smallest absolute Gasteiger partial charge is 0.257 e. The number of hydrogen-bond acceptors (Lipinski definition) is 7. The number of fused-ring (bicyclic) bond motifs is 1. The summed E-state index contributed by atoms with van der Waals surface area (Å²) >= 11 is 12.3. The molecular weight excluding hydrogens is 582 g/mol. The fraction of sp³-hybridized carbons (Fsp3) is 0.452. The van der Waals surface area contributed by atoms with Crippen LogP contribution in [0.25, 0.3) is 0 Å². The van der Waals surface area contributed by atoms with Crippen molar-refractivity contribution in [1.82, 2.24) is 20.2 Å². The van der Waals surface area contributed by atoms with E-state index in [2.05, 4.69) is 15.3 Å². The van der Waals surface area contributed by atoms with Crippen molar-refractivity contribution in [3.63, 3.8) is 0 Å². The first-order chi connectivity index (χ1) is 20.3. The van der Waals surface area contributed by atoms with Crippen LogP contribution in [0.15, 0.2) is 48.8 Å². The van der Waals surface area contributed by atoms with E-state index in [9.17, 15) is 9.90 Å². The Morgan fingerprint density at radius 3 is 2.50 bits per heavy atom. The average Bonchev–Trinajstić information content (AvgIpc) is 3.60. The van der Waals surface area contributed by atoms with Gasteiger partial charge in [-0.05, 0) is 74.5 Å². The third kappa shape index (κ3) is 5.10. The second kappa shape index (κ2) is 11.8. The van der Waals surface area contributed by atoms with Crippen molar-refractivity contribution < 1.29 is 23.8 Å². The molecule has 3 aliphatic rings. The van der Waals surface area contributed by atoms with Crippen LogP contribution in [0.1, 0.15) is 65.5 Å². The minimum absolute atomic E-state index is 0.0795. The molecule has 2 saturated heterocycles. The van der Waals surface area contributed by atoms with Gasteiger partial charge in [-0.2, -0.15) is 0 Å². The molecule has 1 amide bonds. The predicted octanol–water partition coefficient (Wildman–Crippen LogP) is 5.18. The summed E-state index contributed by atoms with van der Waals surface area (Å²) < 4.78 is 29.2. The number of amides is 1. The van der Waals surface area contributed by atoms with Crippen LogP contribution < -0.4 is 5.32 Å². The number of carbonyl (C=O) groups is 1. The van der Waals surface area contributed by atoms with Crippen LogP contribution in [-0.2, 0) is 27.3 Å². The molecule has 0 saturated carbocycles. The van der Waals surface area contributed by atoms with Gasteiger partial charge in [0.15, 0.2) is 0 Å². The van der Waals surface area contributed by atoms with Gasteiger partial charge in [0.1, 0.15) is 11.6 Å². The van der Waals surface area contributed by atoms with E-state index < -0.39 is 29.2 Å². The maximum atomic E-state index is 16.8. The summed E-state index contributed by atoms with van der Waals surface area (Å²) in [6.45, 7) is 4.14. The van der Waals surface area contributed by atoms with Crippen LogP contribution in [0.4, 0.5) is 4.39 Å². The van der Waals surface area contributed by atoms with Crippen molar-refractivity contribution in [3.05, 3.63) is 92.7 Å². The monoisotopic (exact) mass is 614 g/mol. The topological polar surface area (TPSA) is 96.8 Å². The number of aromatic nitrogens is 2. The predicted molar refractivity (Wildman–Crippen MR) is 156 cm³/mol. The van der Waals surface area contributed by atoms with Crippen LogP contribution in [0.5, 0.6) is 0 Å². The Balaban J connectivity index is 1.55. The van der Waals surface area contributed by atoms with Gasteiger partial charge in [-0.1, -0.05) is 42.3 Å². The molecule has 8 nitrogen and oxygen atoms in total. The lowest BCUT2D eigenvalue weighted by Gasteiger charge is -2.41. The molecule has 0 radical (unpaired) electrons. The zero-order valence-corrected chi connectivity index (χ0v) is 24.8. The summed E-state index contributed by atoms with van der Waals surface area (Å²) in [6.07, 6.45) is 4.94. The van der Waals surface area contributed by atoms with Gasteiger partial charge in [0.25, 0.3) is 5.91 Å². The quantitative estimate of drug-likeness (QED) is 0.361. The second-order valence-corrected chi connectivity index (χ2v) is 12.0. The van der Waals surface area contributed by atoms with E-state index in [-0.39, 0.29) is 23.6 Å². The third-order valence-electron chi connectivity index (χ3n) is 8.77. The Morgan fingerprint density at radius 2 is 1.86 bits per heavy atom. The summed E-state index contributed by atoms with van der Waals surface area (Å²) in [5.74, 6) is -0.860. The van der Waals surface area contributed by atoms with Crippen LogP contribution in [0.3, 0.4) is 0 Å². The highest BCUT2D eigenvalue weighted by atomic mass is 35.5. The fourth-order valence-electron chi connectivity index (χ4n) is 6.58. The summed E-state index contributed by atoms with van der Waals surface area (Å²) in [6, 6.07) is 9.87. The van der Waals surface area contributed by atoms with Crippen LogP contribution in [0, 0.1) is 11.7 Å². The van der Waals surface area contributed by atoms with Gasteiger partial charge in [0, 0.05) is 29.6 Å². The van der Waals surface area contributed by atoms with E-state index in [4.69, 9.17) is 32.7 Å². The molecule has 3 atom stereocenters. The van der Waals surface area contributed by atoms with Crippen molar-refractivity contribution >= 4 is 29.1 Å². The second-order valence-electron chi connectivity index (χ2n) is 11.1. The molecule has 0 aliphatic carbocycles. The first-order valence-electron chi connectivity index (χ1n) is 14.3. The number of nitrogens with zero attached hydrogens (tertiary/aromatic N) is 3. The molecule has 0 bridgehead atoms. The molecule has 42 heavy (non-hydrogen) atoms. The SMILES string of the molecule is CCC(O)(c1cc(F)c2c(c1)C(=O)N(Cc1ncc(Cl)cn1)[C@@]2(O[C@H]1CCOC1)c1ccc(Cl)cc1)C1CCNCC1. The van der Waals surface area contributed by atoms with E-state index in [1.807, 2.05) is 6.92 Å². The lowest BCUT2D eigenvalue weighted by Crippen LogP contribution is -2.49. The minimum atomic E-state index is -1.67. The van der Waals surface area contributed by atoms with Gasteiger partial charge in [-0.15, -0.1) is 0 Å². The normalized spacial score (nSPS) is 24.2. The summed E-state index contributed by atoms with van der Waals surface area (Å²) in [4.78, 5) is 24.5. The number of ether oxygens (including phenoxy) is 2. The maximum absolute atomic E-state index is 16.8. The summed E-state index contributed by atoms with van der Waals surface area (Å²) in [5, 5.41) is 16.1. The number of rotatable bonds is 8. The molecule has 11 heteroatoms. The minimum Gasteiger partial charge on any atom is -0.385 e. The van der Waals surface area contributed by atoms with Crippen molar-refractivity contribution in [2.45, 2.75) is 56.6 Å². The zero-order valence-electron chi connectivity index (χ0n) is 23.3. The first-order valence-corrected chi connectivity index (χ1v) is 15.1. The van der Waals surface area contributed by atoms with Gasteiger partial charge in [0.05, 0.1) is 41.0 Å². The number of hydrogen-bond donors (Lipinski definition) is 2. The molecule has 222 valence electrons. The van der Waals surface area contributed by atoms with Crippen LogP contribution in [-0.4, -0.2) is 58.3 Å². The van der Waals surface area contributed by atoms with E-state index in [1.165, 1.54) is 23.4 Å². The van der Waals surface area contributed by atoms with Gasteiger partial charge in [0.2, 0.25) is 5.72 Å². The van der Waals surface area contributed by atoms with E-state index >= 15 is 4.39 Å². The Hall–Kier alpha value is -2.66. The number of benzene rings is 2. The molecule has 2 N–H and O–H groups in total. The molecule has 6 rings (SSSR count). The van der Waals surface area contributed by atoms with Gasteiger partial charge < -0.3 is 19.9 Å². The highest BCUT2D eigenvalue weighted by molar-refractivity contribution is 6.30. The molecule has 4 heterocycles. The highest BCUT2D eigenvalue weighted by Gasteiger charge is 2.56. The van der Waals surface area contributed by atoms with Gasteiger partial charge in [-0.3, -0.25) is 9.69 Å². The number of piperidine rings is 1. The molecule has 2 fully saturated rings. The van der Waals surface area contributed by atoms with E-state index in [0.717, 1.165) is 25.9 Å². The average molecular weight is 616 g/mol. The van der Waals surface area contributed by atoms with Gasteiger partial charge >= 0.3 is 0 Å². The van der Waals surface area contributed by atoms with Crippen molar-refractivity contribution in [3.8, 4) is 0 Å². The number of aliphatic hydroxyl groups is 1. The molecule has 3 aromatic rings. The number of nitrogens with one attached hydrogen (secondary N) is 1. The number of halogens is 3. The lowest BCUT2D eigenvalue weighted by molar-refractivity contribution is -0.149. The van der Waals surface area contributed by atoms with Gasteiger partial charge in [-0.25, -0.2) is 14.4 Å². The molecule has 1 aromatic heterocycles. The van der Waals surface area contributed by atoms with E-state index in [1.54, 1.807) is 30.3 Å². The molecule has 1 unspecified atom stereocenters. The standard InChI is InChI=1S/C31H33Cl2FN4O4/c1-2-30(40,19-7-10-35-11-8-19)21-13-25-28(26(34)14-21)31(42-24-9-12-41-18-24,20-3-5-22(32)6-4-20)38(29(25)39)17-27-36-15-23(33)16-37-27/h3-6,13-16,19,24,35,40H,2,7-12,17-18H2,1H3/t24-,30?,31+/m0/s1. The van der Waals surface area contributed by atoms with Crippen molar-refractivity contribution in [2.24, 2.45) is 5.92 Å². The Labute approximate surface area is 254 Å². The molecule has 2 aromatic carbocycles. The summed E-state index contributed by atoms with van der Waals surface area (Å²) in [5.41, 5.74) is -1.83. The van der Waals surface area contributed by atoms with Crippen molar-refractivity contribution in [2.75, 3.05) is 26.3 Å². The Morgan fingerprint density at radius 1 is 1.14 bits per heavy atom. The Kier molecular flexibility index (Phi) is 8.26. The number of carbonyl (C=O) groups excluding carboxylic acids is 1. The first kappa shape index (κ1) is 29.4. The van der Waals surface area contributed by atoms with Crippen molar-refractivity contribution in [1.29, 1.82) is 0 Å². The molecular formula is C31H33Cl2FN4O4. The third-order valence-corrected chi connectivity index (χ3v) is 9.22. The Bertz CT molecular complexity index is 1450. The largest absolute Gasteiger partial charge is 0.385 e. The summed E-state index contributed by atoms with van der Waals surface area (Å²) in [7, 11) is 0. The molecule has 0 spiro atoms. The highest BCUT2D eigenvalue weighted by Crippen LogP contribution is 2.50. The lowest BCUT2D eigenvalue weighted by atomic mass is 9.74. The maximum Gasteiger partial charge on any atom is 0.257 e. The molecule has 3 aliphatic heterocycles.